The largest absolute Gasteiger partial charge is 0.496 e. The summed E-state index contributed by atoms with van der Waals surface area (Å²) in [5.41, 5.74) is 26.8. The zero-order valence-electron chi connectivity index (χ0n) is 57.3. The van der Waals surface area contributed by atoms with E-state index in [1.165, 1.54) is 61.3 Å². The van der Waals surface area contributed by atoms with E-state index in [9.17, 15) is 0 Å². The van der Waals surface area contributed by atoms with Gasteiger partial charge in [-0.1, -0.05) is 243 Å². The van der Waals surface area contributed by atoms with Gasteiger partial charge in [0, 0.05) is 106 Å². The molecule has 0 spiro atoms. The summed E-state index contributed by atoms with van der Waals surface area (Å²) in [5, 5.41) is 4.05. The molecular weight excluding hydrogens is 1350 g/mol. The normalized spacial score (nSPS) is 15.8. The third kappa shape index (κ3) is 9.52. The molecule has 0 fully saturated rings. The maximum atomic E-state index is 7.13. The van der Waals surface area contributed by atoms with Crippen LogP contribution in [0.2, 0.25) is 0 Å². The minimum Gasteiger partial charge on any atom is -0.496 e. The zero-order chi connectivity index (χ0) is 69.0. The Morgan fingerprint density at radius 3 is 0.548 bits per heavy atom. The lowest BCUT2D eigenvalue weighted by Crippen LogP contribution is -2.16. The molecule has 0 N–H and O–H groups in total. The van der Waals surface area contributed by atoms with E-state index in [4.69, 9.17) is 18.9 Å². The van der Waals surface area contributed by atoms with Crippen LogP contribution in [0.4, 0.5) is 0 Å². The fourth-order valence-corrected chi connectivity index (χ4v) is 21.7. The average Bonchev–Trinajstić information content (AvgIpc) is 0.924. The van der Waals surface area contributed by atoms with Crippen LogP contribution in [-0.4, -0.2) is 28.4 Å². The molecule has 14 heterocycles. The Morgan fingerprint density at radius 1 is 0.183 bits per heavy atom. The summed E-state index contributed by atoms with van der Waals surface area (Å²) in [6.45, 7) is 0. The molecule has 0 saturated heterocycles. The second-order valence-electron chi connectivity index (χ2n) is 27.7. The molecule has 4 aromatic heterocycles. The number of hydrogen-bond acceptors (Lipinski definition) is 8. The SMILES string of the molecule is COc1c2c3c(OC)c4c5ccc(c14)-c1ccc(cc1)-c1ccc(s1)-c1ccc(s1)-c1ccc(cc1)-c1ccc(c4c(OC)c6c(c(OC)c14)[C@H]1C=C[C@@H]6c4ccc(cc4)-c4ccc(cc4)[C@@H]3C=C[C@@H]2c2ccc(cc2)-c2ccc1cc2)-c1ccc(cc1)-c1ccc(s1)-c1ccc(s1)-c1ccc-5cc1. The molecule has 36 bridgehead atoms. The molecule has 0 saturated carbocycles. The smallest absolute Gasteiger partial charge is 0.132 e. The first-order valence-electron chi connectivity index (χ1n) is 35.4. The molecule has 4 nitrogen and oxygen atoms in total. The van der Waals surface area contributed by atoms with E-state index >= 15 is 0 Å². The molecule has 4 atom stereocenters. The van der Waals surface area contributed by atoms with E-state index in [0.29, 0.717) is 0 Å². The maximum Gasteiger partial charge on any atom is 0.132 e. The number of hydrogen-bond donors (Lipinski definition) is 0. The molecule has 12 aromatic carbocycles. The second-order valence-corrected chi connectivity index (χ2v) is 32.1. The zero-order valence-corrected chi connectivity index (χ0v) is 60.6. The molecule has 0 radical (unpaired) electrons. The van der Waals surface area contributed by atoms with Gasteiger partial charge >= 0.3 is 0 Å². The quantitative estimate of drug-likeness (QED) is 0.165. The summed E-state index contributed by atoms with van der Waals surface area (Å²) in [6, 6.07) is 101. The van der Waals surface area contributed by atoms with Crippen molar-refractivity contribution in [2.24, 2.45) is 0 Å². The topological polar surface area (TPSA) is 36.9 Å². The molecule has 26 aliphatic rings. The third-order valence-electron chi connectivity index (χ3n) is 22.5. The van der Waals surface area contributed by atoms with Crippen LogP contribution in [0, 0.1) is 0 Å². The van der Waals surface area contributed by atoms with Crippen LogP contribution in [0.15, 0.2) is 291 Å². The van der Waals surface area contributed by atoms with Gasteiger partial charge in [0.1, 0.15) is 23.0 Å². The third-order valence-corrected chi connectivity index (χ3v) is 27.4. The van der Waals surface area contributed by atoms with E-state index < -0.39 is 0 Å². The number of methoxy groups -OCH3 is 4. The van der Waals surface area contributed by atoms with E-state index in [1.807, 2.05) is 73.8 Å². The Morgan fingerprint density at radius 2 is 0.356 bits per heavy atom. The van der Waals surface area contributed by atoms with Gasteiger partial charge in [-0.05, 0) is 160 Å². The van der Waals surface area contributed by atoms with Crippen molar-refractivity contribution in [3.8, 4) is 151 Å². The van der Waals surface area contributed by atoms with Crippen molar-refractivity contribution in [1.29, 1.82) is 0 Å². The van der Waals surface area contributed by atoms with Crippen LogP contribution in [0.3, 0.4) is 0 Å². The van der Waals surface area contributed by atoms with E-state index in [1.54, 1.807) is 0 Å². The highest BCUT2D eigenvalue weighted by atomic mass is 32.1. The number of benzene rings is 12. The summed E-state index contributed by atoms with van der Waals surface area (Å²) in [5.74, 6) is 2.56. The van der Waals surface area contributed by atoms with Crippen molar-refractivity contribution < 1.29 is 18.9 Å². The van der Waals surface area contributed by atoms with Gasteiger partial charge in [-0.15, -0.1) is 45.3 Å². The Hall–Kier alpha value is -11.4. The summed E-state index contributed by atoms with van der Waals surface area (Å²) >= 11 is 7.35. The Balaban J connectivity index is 0.894. The minimum absolute atomic E-state index is 0.200. The molecule has 16 aromatic rings. The Kier molecular flexibility index (Phi) is 14.2. The van der Waals surface area contributed by atoms with Crippen LogP contribution in [0.5, 0.6) is 23.0 Å². The lowest BCUT2D eigenvalue weighted by molar-refractivity contribution is 0.400. The summed E-state index contributed by atoms with van der Waals surface area (Å²) in [6.07, 6.45) is 9.65. The van der Waals surface area contributed by atoms with Gasteiger partial charge < -0.3 is 18.9 Å². The molecule has 42 rings (SSSR count). The van der Waals surface area contributed by atoms with Gasteiger partial charge in [-0.25, -0.2) is 0 Å². The van der Waals surface area contributed by atoms with Crippen LogP contribution in [-0.2, 0) is 0 Å². The number of allylic oxidation sites excluding steroid dienone is 4. The van der Waals surface area contributed by atoms with Crippen molar-refractivity contribution in [2.75, 3.05) is 28.4 Å². The summed E-state index contributed by atoms with van der Waals surface area (Å²) < 4.78 is 28.5. The lowest BCUT2D eigenvalue weighted by Gasteiger charge is -2.33. The molecular formula is C96H64O4S4. The number of rotatable bonds is 4. The minimum atomic E-state index is -0.200. The highest BCUT2D eigenvalue weighted by Crippen LogP contribution is 2.60. The summed E-state index contributed by atoms with van der Waals surface area (Å²) in [7, 11) is 7.46. The molecule has 8 heteroatoms. The summed E-state index contributed by atoms with van der Waals surface area (Å²) in [4.78, 5) is 9.80. The molecule has 0 amide bonds. The van der Waals surface area contributed by atoms with Crippen molar-refractivity contribution >= 4 is 66.9 Å². The first kappa shape index (κ1) is 61.3. The van der Waals surface area contributed by atoms with Crippen LogP contribution in [0.1, 0.15) is 68.2 Å². The first-order valence-corrected chi connectivity index (χ1v) is 38.7. The Labute approximate surface area is 620 Å². The number of ether oxygens (including phenoxy) is 4. The van der Waals surface area contributed by atoms with E-state index in [2.05, 4.69) is 291 Å². The van der Waals surface area contributed by atoms with Gasteiger partial charge in [0.2, 0.25) is 0 Å². The van der Waals surface area contributed by atoms with E-state index in [-0.39, 0.29) is 23.7 Å². The lowest BCUT2D eigenvalue weighted by atomic mass is 9.72. The van der Waals surface area contributed by atoms with Crippen LogP contribution < -0.4 is 18.9 Å². The fraction of sp³-hybridized carbons (Fsp3) is 0.0833. The highest BCUT2D eigenvalue weighted by molar-refractivity contribution is 7.26. The van der Waals surface area contributed by atoms with Crippen LogP contribution in [0.25, 0.3) is 150 Å². The average molecular weight is 1410 g/mol. The molecule has 0 unspecified atom stereocenters. The number of thiophene rings is 4. The molecule has 496 valence electrons. The van der Waals surface area contributed by atoms with Gasteiger partial charge in [-0.2, -0.15) is 0 Å². The van der Waals surface area contributed by atoms with Gasteiger partial charge in [0.25, 0.3) is 0 Å². The molecule has 10 aliphatic heterocycles. The second kappa shape index (κ2) is 24.1. The number of fused-ring (bicyclic) bond motifs is 4. The predicted octanol–water partition coefficient (Wildman–Crippen LogP) is 26.9. The van der Waals surface area contributed by atoms with Gasteiger partial charge in [-0.3, -0.25) is 0 Å². The molecule has 16 aliphatic carbocycles. The van der Waals surface area contributed by atoms with Crippen LogP contribution >= 0.6 is 45.3 Å². The highest BCUT2D eigenvalue weighted by Gasteiger charge is 2.39. The van der Waals surface area contributed by atoms with Gasteiger partial charge in [0.15, 0.2) is 0 Å². The van der Waals surface area contributed by atoms with Gasteiger partial charge in [0.05, 0.1) is 28.4 Å². The monoisotopic (exact) mass is 1410 g/mol. The Bertz CT molecular complexity index is 5460. The van der Waals surface area contributed by atoms with Crippen molar-refractivity contribution in [3.05, 3.63) is 336 Å². The standard InChI is InChI=1S/C96H64O4S4/c1-97-93-85-69-37-38-70-58-15-7-54(8-16-58)56-11-19-60(20-12-56)72-40-39-71(59-17-9-55(10-18-59)53-5-13-57(69)14-6-53)87-88(72)96(100-4)92-76-44-43-75(91(92)95(87)99-3)63-25-33-67(34-26-63)79-47-51-82(103-79)81-49-45-77(101-81)65-29-21-61(22-30-65)73-41-42-74(90(89(73)93)94(98-2)86(70)85)62-23-31-66(32-24-62)78-46-50-83(102-78)84-52-48-80(104-84)68-35-27-64(76)28-36-68/h5-52,69-72H,1-4H3/t69-,70+,71+,72-. The van der Waals surface area contributed by atoms with E-state index in [0.717, 1.165) is 156 Å². The first-order chi connectivity index (χ1) is 51.3. The van der Waals surface area contributed by atoms with Crippen molar-refractivity contribution in [3.63, 3.8) is 0 Å². The van der Waals surface area contributed by atoms with Crippen molar-refractivity contribution in [2.45, 2.75) is 23.7 Å². The van der Waals surface area contributed by atoms with Crippen molar-refractivity contribution in [1.82, 2.24) is 0 Å². The predicted molar refractivity (Wildman–Crippen MR) is 436 cm³/mol. The fourth-order valence-electron chi connectivity index (χ4n) is 17.5. The maximum absolute atomic E-state index is 7.13. The molecule has 104 heavy (non-hydrogen) atoms.